The van der Waals surface area contributed by atoms with Crippen molar-refractivity contribution in [2.45, 2.75) is 5.92 Å². The average Bonchev–Trinajstić information content (AvgIpc) is 2.97. The van der Waals surface area contributed by atoms with Gasteiger partial charge in [-0.2, -0.15) is 0 Å². The van der Waals surface area contributed by atoms with Crippen molar-refractivity contribution in [3.63, 3.8) is 0 Å². The minimum Gasteiger partial charge on any atom is -0.459 e. The van der Waals surface area contributed by atoms with Crippen LogP contribution in [0.15, 0.2) is 48.5 Å². The Bertz CT molecular complexity index is 692. The Kier molecular flexibility index (Phi) is 4.32. The summed E-state index contributed by atoms with van der Waals surface area (Å²) in [6, 6.07) is 16.3. The molecule has 1 N–H and O–H groups in total. The Morgan fingerprint density at radius 1 is 1.00 bits per heavy atom. The molecule has 0 saturated carbocycles. The third-order valence-corrected chi connectivity index (χ3v) is 4.97. The van der Waals surface area contributed by atoms with Crippen molar-refractivity contribution >= 4 is 5.97 Å². The number of benzene rings is 2. The number of ether oxygens (including phenoxy) is 2. The van der Waals surface area contributed by atoms with E-state index in [0.717, 1.165) is 55.1 Å². The Hall–Kier alpha value is -2.17. The molecular weight excluding hydrogens is 302 g/mol. The number of carbonyl (C=O) groups is 1. The number of carbonyl (C=O) groups excluding carboxylic acids is 1. The summed E-state index contributed by atoms with van der Waals surface area (Å²) in [6.07, 6.45) is 0. The second kappa shape index (κ2) is 6.75. The van der Waals surface area contributed by atoms with Gasteiger partial charge >= 0.3 is 5.97 Å². The number of morpholine rings is 1. The molecule has 1 aliphatic carbocycles. The van der Waals surface area contributed by atoms with Crippen molar-refractivity contribution in [3.8, 4) is 11.1 Å². The topological polar surface area (TPSA) is 40.0 Å². The van der Waals surface area contributed by atoms with Gasteiger partial charge in [0.25, 0.3) is 0 Å². The summed E-state index contributed by atoms with van der Waals surface area (Å²) in [6.45, 7) is 4.90. The van der Waals surface area contributed by atoms with E-state index in [2.05, 4.69) is 12.1 Å². The number of quaternary nitrogens is 1. The highest BCUT2D eigenvalue weighted by Crippen LogP contribution is 2.44. The monoisotopic (exact) mass is 324 g/mol. The summed E-state index contributed by atoms with van der Waals surface area (Å²) in [4.78, 5) is 14.2. The maximum Gasteiger partial charge on any atom is 0.318 e. The summed E-state index contributed by atoms with van der Waals surface area (Å²) in [7, 11) is 0. The van der Waals surface area contributed by atoms with Gasteiger partial charge in [-0.3, -0.25) is 4.79 Å². The molecule has 0 amide bonds. The molecule has 0 aromatic heterocycles. The lowest BCUT2D eigenvalue weighted by molar-refractivity contribution is -0.908. The van der Waals surface area contributed by atoms with Crippen LogP contribution in [0.3, 0.4) is 0 Å². The highest BCUT2D eigenvalue weighted by molar-refractivity contribution is 5.93. The number of hydrogen-bond acceptors (Lipinski definition) is 3. The van der Waals surface area contributed by atoms with Crippen molar-refractivity contribution < 1.29 is 19.2 Å². The van der Waals surface area contributed by atoms with Crippen LogP contribution in [-0.2, 0) is 14.3 Å². The zero-order chi connectivity index (χ0) is 16.4. The van der Waals surface area contributed by atoms with Gasteiger partial charge < -0.3 is 14.4 Å². The van der Waals surface area contributed by atoms with Crippen molar-refractivity contribution in [2.24, 2.45) is 0 Å². The van der Waals surface area contributed by atoms with E-state index >= 15 is 0 Å². The van der Waals surface area contributed by atoms with Crippen LogP contribution in [-0.4, -0.2) is 45.4 Å². The predicted molar refractivity (Wildman–Crippen MR) is 91.1 cm³/mol. The normalized spacial score (nSPS) is 17.3. The number of rotatable bonds is 4. The van der Waals surface area contributed by atoms with Crippen LogP contribution in [0.5, 0.6) is 0 Å². The molecule has 24 heavy (non-hydrogen) atoms. The van der Waals surface area contributed by atoms with Gasteiger partial charge in [0.2, 0.25) is 0 Å². The summed E-state index contributed by atoms with van der Waals surface area (Å²) in [5, 5.41) is 0. The van der Waals surface area contributed by atoms with E-state index in [0.29, 0.717) is 6.61 Å². The molecule has 1 heterocycles. The van der Waals surface area contributed by atoms with Gasteiger partial charge in [-0.1, -0.05) is 48.5 Å². The smallest absolute Gasteiger partial charge is 0.318 e. The minimum absolute atomic E-state index is 0.139. The molecule has 4 heteroatoms. The quantitative estimate of drug-likeness (QED) is 0.861. The summed E-state index contributed by atoms with van der Waals surface area (Å²) in [5.41, 5.74) is 4.41. The van der Waals surface area contributed by atoms with Crippen molar-refractivity contribution in [1.82, 2.24) is 0 Å². The molecule has 0 bridgehead atoms. The average molecular weight is 324 g/mol. The Morgan fingerprint density at radius 2 is 1.58 bits per heavy atom. The van der Waals surface area contributed by atoms with Crippen LogP contribution >= 0.6 is 0 Å². The first-order valence-corrected chi connectivity index (χ1v) is 8.61. The van der Waals surface area contributed by atoms with Crippen LogP contribution in [0.4, 0.5) is 0 Å². The molecule has 4 nitrogen and oxygen atoms in total. The van der Waals surface area contributed by atoms with E-state index in [1.165, 1.54) is 4.90 Å². The fraction of sp³-hybridized carbons (Fsp3) is 0.350. The Morgan fingerprint density at radius 3 is 2.21 bits per heavy atom. The highest BCUT2D eigenvalue weighted by atomic mass is 16.5. The first-order valence-electron chi connectivity index (χ1n) is 8.61. The zero-order valence-corrected chi connectivity index (χ0v) is 13.7. The molecule has 0 atom stereocenters. The van der Waals surface area contributed by atoms with Crippen LogP contribution in [0.2, 0.25) is 0 Å². The Balaban J connectivity index is 1.48. The first-order chi connectivity index (χ1) is 11.8. The lowest BCUT2D eigenvalue weighted by atomic mass is 9.97. The van der Waals surface area contributed by atoms with E-state index in [9.17, 15) is 4.79 Å². The fourth-order valence-corrected chi connectivity index (χ4v) is 3.70. The van der Waals surface area contributed by atoms with Crippen LogP contribution in [0.25, 0.3) is 11.1 Å². The van der Waals surface area contributed by atoms with Gasteiger partial charge in [0, 0.05) is 0 Å². The standard InChI is InChI=1S/C20H21NO3/c22-20(24-14-11-21-9-12-23-13-10-21)19-17-7-3-1-5-15(17)16-6-2-4-8-18(16)19/h1-8,19H,9-14H2/p+1. The van der Waals surface area contributed by atoms with E-state index in [-0.39, 0.29) is 11.9 Å². The van der Waals surface area contributed by atoms with Gasteiger partial charge in [0.1, 0.15) is 32.2 Å². The van der Waals surface area contributed by atoms with E-state index in [4.69, 9.17) is 9.47 Å². The van der Waals surface area contributed by atoms with Crippen LogP contribution in [0.1, 0.15) is 17.0 Å². The lowest BCUT2D eigenvalue weighted by Gasteiger charge is -2.23. The third-order valence-electron chi connectivity index (χ3n) is 4.97. The predicted octanol–water partition coefficient (Wildman–Crippen LogP) is 1.26. The maximum atomic E-state index is 12.8. The van der Waals surface area contributed by atoms with Crippen molar-refractivity contribution in [1.29, 1.82) is 0 Å². The van der Waals surface area contributed by atoms with E-state index in [1.807, 2.05) is 36.4 Å². The van der Waals surface area contributed by atoms with Crippen LogP contribution < -0.4 is 4.90 Å². The summed E-state index contributed by atoms with van der Waals surface area (Å²) >= 11 is 0. The number of fused-ring (bicyclic) bond motifs is 3. The lowest BCUT2D eigenvalue weighted by Crippen LogP contribution is -3.14. The second-order valence-corrected chi connectivity index (χ2v) is 6.39. The first kappa shape index (κ1) is 15.4. The molecule has 124 valence electrons. The molecular formula is C20H22NO3+. The minimum atomic E-state index is -0.294. The molecule has 1 saturated heterocycles. The fourth-order valence-electron chi connectivity index (χ4n) is 3.70. The van der Waals surface area contributed by atoms with Crippen molar-refractivity contribution in [2.75, 3.05) is 39.5 Å². The molecule has 2 aromatic rings. The SMILES string of the molecule is O=C(OCC[NH+]1CCOCC1)C1c2ccccc2-c2ccccc21. The summed E-state index contributed by atoms with van der Waals surface area (Å²) < 4.78 is 11.0. The molecule has 2 aliphatic rings. The highest BCUT2D eigenvalue weighted by Gasteiger charge is 2.34. The number of nitrogens with one attached hydrogen (secondary N) is 1. The Labute approximate surface area is 142 Å². The summed E-state index contributed by atoms with van der Waals surface area (Å²) in [5.74, 6) is -0.433. The van der Waals surface area contributed by atoms with Gasteiger partial charge in [0.15, 0.2) is 0 Å². The molecule has 1 aliphatic heterocycles. The molecule has 2 aromatic carbocycles. The van der Waals surface area contributed by atoms with Gasteiger partial charge in [-0.25, -0.2) is 0 Å². The van der Waals surface area contributed by atoms with Gasteiger partial charge in [-0.15, -0.1) is 0 Å². The largest absolute Gasteiger partial charge is 0.459 e. The molecule has 0 spiro atoms. The molecule has 4 rings (SSSR count). The molecule has 1 fully saturated rings. The van der Waals surface area contributed by atoms with Gasteiger partial charge in [-0.05, 0) is 22.3 Å². The third kappa shape index (κ3) is 2.83. The van der Waals surface area contributed by atoms with Crippen molar-refractivity contribution in [3.05, 3.63) is 59.7 Å². The van der Waals surface area contributed by atoms with Gasteiger partial charge in [0.05, 0.1) is 13.2 Å². The van der Waals surface area contributed by atoms with Crippen LogP contribution in [0, 0.1) is 0 Å². The molecule has 0 radical (unpaired) electrons. The van der Waals surface area contributed by atoms with E-state index < -0.39 is 0 Å². The number of hydrogen-bond donors (Lipinski definition) is 1. The maximum absolute atomic E-state index is 12.8. The zero-order valence-electron chi connectivity index (χ0n) is 13.7. The second-order valence-electron chi connectivity index (χ2n) is 6.39. The van der Waals surface area contributed by atoms with E-state index in [1.54, 1.807) is 0 Å². The molecule has 0 unspecified atom stereocenters. The number of esters is 1.